The molecule has 3 aromatic carbocycles. The molecule has 0 amide bonds. The number of hydrogen-bond donors (Lipinski definition) is 0. The first-order chi connectivity index (χ1) is 15.8. The Morgan fingerprint density at radius 3 is 1.56 bits per heavy atom. The van der Waals surface area contributed by atoms with Gasteiger partial charge in [-0.2, -0.15) is 0 Å². The van der Waals surface area contributed by atoms with Crippen LogP contribution in [0.25, 0.3) is 22.3 Å². The molecule has 168 valence electrons. The Morgan fingerprint density at radius 2 is 1.06 bits per heavy atom. The maximum atomic E-state index is 2.38. The first kappa shape index (κ1) is 22.8. The maximum Gasteiger partial charge on any atom is -0.0162 e. The van der Waals surface area contributed by atoms with Gasteiger partial charge >= 0.3 is 0 Å². The van der Waals surface area contributed by atoms with Gasteiger partial charge in [0.2, 0.25) is 0 Å². The van der Waals surface area contributed by atoms with E-state index in [1.807, 2.05) is 0 Å². The van der Waals surface area contributed by atoms with E-state index in [0.29, 0.717) is 0 Å². The Morgan fingerprint density at radius 1 is 0.562 bits per heavy atom. The van der Waals surface area contributed by atoms with Crippen LogP contribution in [0, 0.1) is 5.92 Å². The van der Waals surface area contributed by atoms with Gasteiger partial charge in [0.25, 0.3) is 0 Å². The van der Waals surface area contributed by atoms with Crippen LogP contribution in [0.2, 0.25) is 0 Å². The van der Waals surface area contributed by atoms with Gasteiger partial charge in [-0.1, -0.05) is 112 Å². The lowest BCUT2D eigenvalue weighted by Crippen LogP contribution is -2.13. The number of hydrogen-bond acceptors (Lipinski definition) is 0. The Kier molecular flexibility index (Phi) is 8.21. The van der Waals surface area contributed by atoms with Gasteiger partial charge in [0.1, 0.15) is 0 Å². The highest BCUT2D eigenvalue weighted by molar-refractivity contribution is 5.70. The summed E-state index contributed by atoms with van der Waals surface area (Å²) >= 11 is 0. The molecule has 4 rings (SSSR count). The highest BCUT2D eigenvalue weighted by Crippen LogP contribution is 2.38. The van der Waals surface area contributed by atoms with Gasteiger partial charge in [-0.15, -0.1) is 0 Å². The first-order valence-electron chi connectivity index (χ1n) is 13.1. The zero-order valence-electron chi connectivity index (χ0n) is 20.2. The standard InChI is InChI=1S/C32H40/c1-3-5-6-8-26-11-15-28(16-12-26)30-19-23-32(24-20-30)31-21-17-29(18-22-31)27-13-9-25(7-4-2)10-14-27/h11-12,15-25,27H,3-10,13-14H2,1-2H3. The predicted octanol–water partition coefficient (Wildman–Crippen LogP) is 9.83. The lowest BCUT2D eigenvalue weighted by atomic mass is 9.77. The van der Waals surface area contributed by atoms with E-state index < -0.39 is 0 Å². The second kappa shape index (κ2) is 11.5. The smallest absolute Gasteiger partial charge is 0.0162 e. The third-order valence-electron chi connectivity index (χ3n) is 7.50. The summed E-state index contributed by atoms with van der Waals surface area (Å²) in [5.41, 5.74) is 8.24. The van der Waals surface area contributed by atoms with E-state index in [1.165, 1.54) is 92.0 Å². The molecule has 0 N–H and O–H groups in total. The van der Waals surface area contributed by atoms with Crippen LogP contribution in [0.3, 0.4) is 0 Å². The summed E-state index contributed by atoms with van der Waals surface area (Å²) < 4.78 is 0. The van der Waals surface area contributed by atoms with Gasteiger partial charge in [-0.05, 0) is 83.7 Å². The zero-order valence-corrected chi connectivity index (χ0v) is 20.2. The third-order valence-corrected chi connectivity index (χ3v) is 7.50. The van der Waals surface area contributed by atoms with Gasteiger partial charge in [0, 0.05) is 0 Å². The SMILES string of the molecule is CCCCCc1ccc(-c2ccc(-c3ccc(C4CCC(CCC)CC4)cc3)cc2)cc1. The van der Waals surface area contributed by atoms with Crippen molar-refractivity contribution in [2.75, 3.05) is 0 Å². The summed E-state index contributed by atoms with van der Waals surface area (Å²) in [6.07, 6.45) is 13.4. The van der Waals surface area contributed by atoms with Gasteiger partial charge in [0.15, 0.2) is 0 Å². The zero-order chi connectivity index (χ0) is 22.2. The molecule has 1 fully saturated rings. The monoisotopic (exact) mass is 424 g/mol. The van der Waals surface area contributed by atoms with Crippen molar-refractivity contribution >= 4 is 0 Å². The number of unbranched alkanes of at least 4 members (excludes halogenated alkanes) is 2. The molecule has 0 atom stereocenters. The number of rotatable bonds is 9. The molecule has 0 radical (unpaired) electrons. The third kappa shape index (κ3) is 5.91. The summed E-state index contributed by atoms with van der Waals surface area (Å²) in [5, 5.41) is 0. The average molecular weight is 425 g/mol. The van der Waals surface area contributed by atoms with Crippen molar-refractivity contribution in [2.45, 2.75) is 84.0 Å². The van der Waals surface area contributed by atoms with Crippen LogP contribution >= 0.6 is 0 Å². The molecule has 1 aliphatic carbocycles. The van der Waals surface area contributed by atoms with Crippen LogP contribution < -0.4 is 0 Å². The van der Waals surface area contributed by atoms with Gasteiger partial charge in [0.05, 0.1) is 0 Å². The maximum absolute atomic E-state index is 2.38. The topological polar surface area (TPSA) is 0 Å². The summed E-state index contributed by atoms with van der Waals surface area (Å²) in [6.45, 7) is 4.59. The quantitative estimate of drug-likeness (QED) is 0.300. The van der Waals surface area contributed by atoms with Gasteiger partial charge in [-0.25, -0.2) is 0 Å². The highest BCUT2D eigenvalue weighted by atomic mass is 14.3. The largest absolute Gasteiger partial charge is 0.0654 e. The molecule has 0 bridgehead atoms. The van der Waals surface area contributed by atoms with E-state index in [9.17, 15) is 0 Å². The van der Waals surface area contributed by atoms with Crippen LogP contribution in [0.1, 0.15) is 88.7 Å². The molecule has 1 saturated carbocycles. The normalized spacial score (nSPS) is 18.6. The Bertz CT molecular complexity index is 923. The van der Waals surface area contributed by atoms with Gasteiger partial charge in [-0.3, -0.25) is 0 Å². The second-order valence-corrected chi connectivity index (χ2v) is 9.86. The molecule has 0 aliphatic heterocycles. The lowest BCUT2D eigenvalue weighted by Gasteiger charge is -2.28. The minimum Gasteiger partial charge on any atom is -0.0654 e. The minimum atomic E-state index is 0.768. The molecule has 0 heteroatoms. The molecule has 0 nitrogen and oxygen atoms in total. The summed E-state index contributed by atoms with van der Waals surface area (Å²) in [5.74, 6) is 1.75. The van der Waals surface area contributed by atoms with Crippen LogP contribution in [0.4, 0.5) is 0 Å². The van der Waals surface area contributed by atoms with Crippen LogP contribution in [-0.4, -0.2) is 0 Å². The van der Waals surface area contributed by atoms with Gasteiger partial charge < -0.3 is 0 Å². The van der Waals surface area contributed by atoms with E-state index in [2.05, 4.69) is 86.6 Å². The van der Waals surface area contributed by atoms with Crippen LogP contribution in [-0.2, 0) is 6.42 Å². The summed E-state index contributed by atoms with van der Waals surface area (Å²) in [4.78, 5) is 0. The Labute approximate surface area is 196 Å². The predicted molar refractivity (Wildman–Crippen MR) is 140 cm³/mol. The fourth-order valence-corrected chi connectivity index (χ4v) is 5.44. The van der Waals surface area contributed by atoms with Crippen LogP contribution in [0.5, 0.6) is 0 Å². The molecular formula is C32H40. The van der Waals surface area contributed by atoms with E-state index in [-0.39, 0.29) is 0 Å². The van der Waals surface area contributed by atoms with Crippen molar-refractivity contribution < 1.29 is 0 Å². The van der Waals surface area contributed by atoms with Crippen molar-refractivity contribution in [2.24, 2.45) is 5.92 Å². The van der Waals surface area contributed by atoms with Crippen molar-refractivity contribution in [3.8, 4) is 22.3 Å². The average Bonchev–Trinajstić information content (AvgIpc) is 2.86. The fraction of sp³-hybridized carbons (Fsp3) is 0.438. The van der Waals surface area contributed by atoms with E-state index in [1.54, 1.807) is 5.56 Å². The molecule has 0 heterocycles. The molecular weight excluding hydrogens is 384 g/mol. The van der Waals surface area contributed by atoms with Crippen LogP contribution in [0.15, 0.2) is 72.8 Å². The van der Waals surface area contributed by atoms with Crippen molar-refractivity contribution in [1.29, 1.82) is 0 Å². The van der Waals surface area contributed by atoms with Crippen molar-refractivity contribution in [3.05, 3.63) is 83.9 Å². The summed E-state index contributed by atoms with van der Waals surface area (Å²) in [6, 6.07) is 27.7. The number of benzene rings is 3. The molecule has 0 aromatic heterocycles. The molecule has 1 aliphatic rings. The molecule has 0 unspecified atom stereocenters. The lowest BCUT2D eigenvalue weighted by molar-refractivity contribution is 0.308. The Hall–Kier alpha value is -2.34. The molecule has 32 heavy (non-hydrogen) atoms. The molecule has 3 aromatic rings. The minimum absolute atomic E-state index is 0.768. The number of aryl methyl sites for hydroxylation is 1. The fourth-order valence-electron chi connectivity index (χ4n) is 5.44. The molecule has 0 saturated heterocycles. The molecule has 0 spiro atoms. The Balaban J connectivity index is 1.37. The first-order valence-corrected chi connectivity index (χ1v) is 13.1. The van der Waals surface area contributed by atoms with E-state index in [0.717, 1.165) is 11.8 Å². The highest BCUT2D eigenvalue weighted by Gasteiger charge is 2.21. The summed E-state index contributed by atoms with van der Waals surface area (Å²) in [7, 11) is 0. The van der Waals surface area contributed by atoms with E-state index in [4.69, 9.17) is 0 Å². The van der Waals surface area contributed by atoms with E-state index >= 15 is 0 Å². The van der Waals surface area contributed by atoms with Crippen molar-refractivity contribution in [1.82, 2.24) is 0 Å². The van der Waals surface area contributed by atoms with Crippen molar-refractivity contribution in [3.63, 3.8) is 0 Å². The second-order valence-electron chi connectivity index (χ2n) is 9.86.